The number of carbonyl (C=O) groups is 2. The summed E-state index contributed by atoms with van der Waals surface area (Å²) in [4.78, 5) is 23.2. The van der Waals surface area contributed by atoms with Gasteiger partial charge in [-0.2, -0.15) is 0 Å². The van der Waals surface area contributed by atoms with Crippen LogP contribution in [-0.4, -0.2) is 23.5 Å². The molecule has 0 heterocycles. The van der Waals surface area contributed by atoms with Gasteiger partial charge in [0.2, 0.25) is 5.91 Å². The van der Waals surface area contributed by atoms with Crippen molar-refractivity contribution in [3.8, 4) is 0 Å². The van der Waals surface area contributed by atoms with Gasteiger partial charge in [0.05, 0.1) is 5.41 Å². The lowest BCUT2D eigenvalue weighted by molar-refractivity contribution is -0.151. The number of hydrogen-bond acceptors (Lipinski definition) is 2. The van der Waals surface area contributed by atoms with Crippen LogP contribution in [0.1, 0.15) is 57.8 Å². The third kappa shape index (κ3) is 3.03. The molecule has 0 spiro atoms. The van der Waals surface area contributed by atoms with Crippen LogP contribution in [0.3, 0.4) is 0 Å². The molecule has 18 heavy (non-hydrogen) atoms. The van der Waals surface area contributed by atoms with Crippen molar-refractivity contribution in [2.24, 2.45) is 11.3 Å². The number of carboxylic acids is 1. The molecule has 0 atom stereocenters. The molecule has 0 unspecified atom stereocenters. The summed E-state index contributed by atoms with van der Waals surface area (Å²) in [6, 6.07) is 0. The standard InChI is InChI=1S/C14H23NO3/c16-12(15-10-11-5-1-2-6-11)9-14(13(17)18)7-3-4-8-14/h11H,1-10H2,(H,15,16)(H,17,18). The first-order chi connectivity index (χ1) is 8.62. The van der Waals surface area contributed by atoms with E-state index in [0.29, 0.717) is 18.8 Å². The van der Waals surface area contributed by atoms with Gasteiger partial charge in [-0.3, -0.25) is 9.59 Å². The lowest BCUT2D eigenvalue weighted by Crippen LogP contribution is -2.37. The second-order valence-electron chi connectivity index (χ2n) is 5.92. The zero-order valence-corrected chi connectivity index (χ0v) is 10.9. The van der Waals surface area contributed by atoms with E-state index in [-0.39, 0.29) is 12.3 Å². The summed E-state index contributed by atoms with van der Waals surface area (Å²) in [6.45, 7) is 0.731. The molecule has 0 aromatic rings. The summed E-state index contributed by atoms with van der Waals surface area (Å²) < 4.78 is 0. The van der Waals surface area contributed by atoms with Gasteiger partial charge in [-0.1, -0.05) is 25.7 Å². The number of hydrogen-bond donors (Lipinski definition) is 2. The van der Waals surface area contributed by atoms with Crippen LogP contribution in [0.15, 0.2) is 0 Å². The minimum atomic E-state index is -0.795. The molecule has 4 heteroatoms. The predicted octanol–water partition coefficient (Wildman–Crippen LogP) is 2.33. The van der Waals surface area contributed by atoms with Crippen molar-refractivity contribution in [3.05, 3.63) is 0 Å². The Morgan fingerprint density at radius 3 is 2.28 bits per heavy atom. The normalized spacial score (nSPS) is 23.1. The van der Waals surface area contributed by atoms with Crippen molar-refractivity contribution in [3.63, 3.8) is 0 Å². The minimum absolute atomic E-state index is 0.0776. The number of nitrogens with one attached hydrogen (secondary N) is 1. The monoisotopic (exact) mass is 253 g/mol. The molecule has 0 saturated heterocycles. The molecule has 0 aromatic carbocycles. The van der Waals surface area contributed by atoms with Crippen molar-refractivity contribution in [2.45, 2.75) is 57.8 Å². The van der Waals surface area contributed by atoms with Gasteiger partial charge in [0, 0.05) is 13.0 Å². The highest BCUT2D eigenvalue weighted by molar-refractivity contribution is 5.85. The zero-order valence-electron chi connectivity index (χ0n) is 10.9. The topological polar surface area (TPSA) is 66.4 Å². The first-order valence-corrected chi connectivity index (χ1v) is 7.12. The van der Waals surface area contributed by atoms with Crippen molar-refractivity contribution >= 4 is 11.9 Å². The average Bonchev–Trinajstić information content (AvgIpc) is 2.97. The Labute approximate surface area is 108 Å². The van der Waals surface area contributed by atoms with E-state index < -0.39 is 11.4 Å². The molecular formula is C14H23NO3. The number of amides is 1. The van der Waals surface area contributed by atoms with E-state index in [1.807, 2.05) is 0 Å². The molecule has 2 N–H and O–H groups in total. The van der Waals surface area contributed by atoms with Crippen LogP contribution >= 0.6 is 0 Å². The Hall–Kier alpha value is -1.06. The SMILES string of the molecule is O=C(CC1(C(=O)O)CCCC1)NCC1CCCC1. The number of carbonyl (C=O) groups excluding carboxylic acids is 1. The number of aliphatic carboxylic acids is 1. The summed E-state index contributed by atoms with van der Waals surface area (Å²) in [7, 11) is 0. The number of rotatable bonds is 5. The molecule has 2 rings (SSSR count). The summed E-state index contributed by atoms with van der Waals surface area (Å²) in [5.41, 5.74) is -0.778. The molecule has 102 valence electrons. The lowest BCUT2D eigenvalue weighted by Gasteiger charge is -2.23. The molecule has 0 radical (unpaired) electrons. The van der Waals surface area contributed by atoms with Gasteiger partial charge < -0.3 is 10.4 Å². The summed E-state index contributed by atoms with van der Waals surface area (Å²) in [5.74, 6) is -0.263. The van der Waals surface area contributed by atoms with Crippen molar-refractivity contribution in [2.75, 3.05) is 6.54 Å². The van der Waals surface area contributed by atoms with Crippen LogP contribution in [0, 0.1) is 11.3 Å². The Balaban J connectivity index is 1.80. The van der Waals surface area contributed by atoms with Gasteiger partial charge in [0.15, 0.2) is 0 Å². The van der Waals surface area contributed by atoms with Gasteiger partial charge in [0.25, 0.3) is 0 Å². The molecule has 2 fully saturated rings. The fraction of sp³-hybridized carbons (Fsp3) is 0.857. The van der Waals surface area contributed by atoms with E-state index in [9.17, 15) is 14.7 Å². The first-order valence-electron chi connectivity index (χ1n) is 7.12. The van der Waals surface area contributed by atoms with E-state index in [2.05, 4.69) is 5.32 Å². The fourth-order valence-corrected chi connectivity index (χ4v) is 3.36. The predicted molar refractivity (Wildman–Crippen MR) is 68.1 cm³/mol. The van der Waals surface area contributed by atoms with Crippen LogP contribution in [-0.2, 0) is 9.59 Å². The second kappa shape index (κ2) is 5.72. The molecular weight excluding hydrogens is 230 g/mol. The minimum Gasteiger partial charge on any atom is -0.481 e. The van der Waals surface area contributed by atoms with Gasteiger partial charge in [-0.15, -0.1) is 0 Å². The summed E-state index contributed by atoms with van der Waals surface area (Å²) >= 11 is 0. The maximum atomic E-state index is 11.9. The van der Waals surface area contributed by atoms with Gasteiger partial charge in [0.1, 0.15) is 0 Å². The molecule has 4 nitrogen and oxygen atoms in total. The van der Waals surface area contributed by atoms with E-state index in [0.717, 1.165) is 19.4 Å². The smallest absolute Gasteiger partial charge is 0.310 e. The van der Waals surface area contributed by atoms with Crippen LogP contribution in [0.2, 0.25) is 0 Å². The first kappa shape index (κ1) is 13.4. The quantitative estimate of drug-likeness (QED) is 0.790. The highest BCUT2D eigenvalue weighted by atomic mass is 16.4. The Morgan fingerprint density at radius 1 is 1.11 bits per heavy atom. The Morgan fingerprint density at radius 2 is 1.72 bits per heavy atom. The molecule has 0 aromatic heterocycles. The highest BCUT2D eigenvalue weighted by Gasteiger charge is 2.42. The largest absolute Gasteiger partial charge is 0.481 e. The summed E-state index contributed by atoms with van der Waals surface area (Å²) in [6.07, 6.45) is 8.26. The van der Waals surface area contributed by atoms with E-state index >= 15 is 0 Å². The van der Waals surface area contributed by atoms with Crippen LogP contribution < -0.4 is 5.32 Å². The number of carboxylic acid groups (broad SMARTS) is 1. The molecule has 0 aliphatic heterocycles. The zero-order chi connectivity index (χ0) is 13.0. The van der Waals surface area contributed by atoms with E-state index in [1.54, 1.807) is 0 Å². The maximum Gasteiger partial charge on any atom is 0.310 e. The molecule has 2 aliphatic carbocycles. The highest BCUT2D eigenvalue weighted by Crippen LogP contribution is 2.41. The molecule has 2 saturated carbocycles. The fourth-order valence-electron chi connectivity index (χ4n) is 3.36. The van der Waals surface area contributed by atoms with E-state index in [1.165, 1.54) is 25.7 Å². The van der Waals surface area contributed by atoms with Crippen LogP contribution in [0.4, 0.5) is 0 Å². The van der Waals surface area contributed by atoms with E-state index in [4.69, 9.17) is 0 Å². The Bertz CT molecular complexity index is 315. The second-order valence-corrected chi connectivity index (χ2v) is 5.92. The van der Waals surface area contributed by atoms with Crippen molar-refractivity contribution in [1.29, 1.82) is 0 Å². The third-order valence-electron chi connectivity index (χ3n) is 4.58. The van der Waals surface area contributed by atoms with Crippen LogP contribution in [0.25, 0.3) is 0 Å². The maximum absolute atomic E-state index is 11.9. The Kier molecular flexibility index (Phi) is 4.25. The van der Waals surface area contributed by atoms with Gasteiger partial charge in [-0.25, -0.2) is 0 Å². The molecule has 2 aliphatic rings. The van der Waals surface area contributed by atoms with Crippen LogP contribution in [0.5, 0.6) is 0 Å². The molecule has 0 bridgehead atoms. The van der Waals surface area contributed by atoms with Gasteiger partial charge >= 0.3 is 5.97 Å². The molecule has 1 amide bonds. The lowest BCUT2D eigenvalue weighted by atomic mass is 9.82. The average molecular weight is 253 g/mol. The van der Waals surface area contributed by atoms with Crippen molar-refractivity contribution < 1.29 is 14.7 Å². The third-order valence-corrected chi connectivity index (χ3v) is 4.58. The van der Waals surface area contributed by atoms with Crippen molar-refractivity contribution in [1.82, 2.24) is 5.32 Å². The van der Waals surface area contributed by atoms with Gasteiger partial charge in [-0.05, 0) is 31.6 Å². The summed E-state index contributed by atoms with van der Waals surface area (Å²) in [5, 5.41) is 12.2.